The molecule has 0 aliphatic heterocycles. The molecule has 0 fully saturated rings. The molecule has 0 bridgehead atoms. The molecule has 2 nitrogen and oxygen atoms in total. The Hall–Kier alpha value is -7.16. The largest absolute Gasteiger partial charge is 0.310 e. The van der Waals surface area contributed by atoms with E-state index in [1.807, 2.05) is 0 Å². The van der Waals surface area contributed by atoms with Gasteiger partial charge in [0.05, 0.1) is 11.0 Å². The van der Waals surface area contributed by atoms with Crippen molar-refractivity contribution in [3.8, 4) is 50.2 Å². The fourth-order valence-corrected chi connectivity index (χ4v) is 8.82. The number of para-hydroxylation sites is 3. The summed E-state index contributed by atoms with van der Waals surface area (Å²) in [4.78, 5) is 2.37. The van der Waals surface area contributed by atoms with Gasteiger partial charge in [0.2, 0.25) is 0 Å². The topological polar surface area (TPSA) is 8.17 Å². The first-order valence-corrected chi connectivity index (χ1v) is 18.6. The van der Waals surface area contributed by atoms with E-state index in [1.165, 1.54) is 71.5 Å². The number of aromatic nitrogens is 1. The molecule has 0 N–H and O–H groups in total. The number of rotatable bonds is 5. The quantitative estimate of drug-likeness (QED) is 0.175. The Bertz CT molecular complexity index is 2990. The average molecular weight is 687 g/mol. The van der Waals surface area contributed by atoms with Crippen LogP contribution in [0.4, 0.5) is 17.1 Å². The van der Waals surface area contributed by atoms with Gasteiger partial charge in [-0.15, -0.1) is 0 Å². The van der Waals surface area contributed by atoms with Crippen molar-refractivity contribution < 1.29 is 0 Å². The van der Waals surface area contributed by atoms with Gasteiger partial charge in [0.15, 0.2) is 0 Å². The normalized spacial score (nSPS) is 11.7. The Labute approximate surface area is 314 Å². The highest BCUT2D eigenvalue weighted by Crippen LogP contribution is 2.52. The molecule has 0 atom stereocenters. The molecular weight excluding hydrogens is 653 g/mol. The van der Waals surface area contributed by atoms with E-state index in [0.717, 1.165) is 28.3 Å². The summed E-state index contributed by atoms with van der Waals surface area (Å²) in [5, 5.41) is 5.10. The van der Waals surface area contributed by atoms with Crippen molar-refractivity contribution in [1.29, 1.82) is 0 Å². The highest BCUT2D eigenvalue weighted by molar-refractivity contribution is 6.23. The van der Waals surface area contributed by atoms with Crippen LogP contribution < -0.4 is 4.90 Å². The third kappa shape index (κ3) is 4.67. The Morgan fingerprint density at radius 3 is 1.65 bits per heavy atom. The zero-order valence-corrected chi connectivity index (χ0v) is 29.5. The summed E-state index contributed by atoms with van der Waals surface area (Å²) in [6, 6.07) is 75.3. The van der Waals surface area contributed by atoms with Gasteiger partial charge in [0.25, 0.3) is 0 Å². The van der Waals surface area contributed by atoms with Crippen molar-refractivity contribution in [2.24, 2.45) is 0 Å². The maximum Gasteiger partial charge on any atom is 0.0547 e. The number of fused-ring (bicyclic) bond motifs is 9. The van der Waals surface area contributed by atoms with Gasteiger partial charge in [-0.25, -0.2) is 0 Å². The third-order valence-corrected chi connectivity index (χ3v) is 11.1. The monoisotopic (exact) mass is 686 g/mol. The zero-order valence-electron chi connectivity index (χ0n) is 29.5. The molecule has 0 amide bonds. The molecule has 1 aliphatic carbocycles. The van der Waals surface area contributed by atoms with E-state index in [4.69, 9.17) is 0 Å². The van der Waals surface area contributed by atoms with E-state index in [9.17, 15) is 0 Å². The molecule has 0 unspecified atom stereocenters. The van der Waals surface area contributed by atoms with Crippen LogP contribution in [-0.2, 0) is 0 Å². The Balaban J connectivity index is 1.25. The van der Waals surface area contributed by atoms with Crippen molar-refractivity contribution in [2.75, 3.05) is 4.90 Å². The second kappa shape index (κ2) is 12.2. The summed E-state index contributed by atoms with van der Waals surface area (Å²) in [5.41, 5.74) is 16.8. The van der Waals surface area contributed by atoms with Crippen molar-refractivity contribution >= 4 is 49.6 Å². The van der Waals surface area contributed by atoms with Gasteiger partial charge in [0, 0.05) is 39.1 Å². The van der Waals surface area contributed by atoms with E-state index < -0.39 is 0 Å². The summed E-state index contributed by atoms with van der Waals surface area (Å²) in [7, 11) is 0. The van der Waals surface area contributed by atoms with Crippen LogP contribution in [0.25, 0.3) is 82.8 Å². The van der Waals surface area contributed by atoms with Crippen molar-refractivity contribution in [2.45, 2.75) is 0 Å². The Morgan fingerprint density at radius 1 is 0.333 bits per heavy atom. The fraction of sp³-hybridized carbons (Fsp3) is 0. The predicted octanol–water partition coefficient (Wildman–Crippen LogP) is 14.4. The molecule has 54 heavy (non-hydrogen) atoms. The molecule has 9 aromatic carbocycles. The van der Waals surface area contributed by atoms with Gasteiger partial charge < -0.3 is 9.47 Å². The smallest absolute Gasteiger partial charge is 0.0547 e. The van der Waals surface area contributed by atoms with Crippen molar-refractivity contribution in [1.82, 2.24) is 4.57 Å². The third-order valence-electron chi connectivity index (χ3n) is 11.1. The summed E-state index contributed by atoms with van der Waals surface area (Å²) in [5.74, 6) is 0. The number of anilines is 3. The van der Waals surface area contributed by atoms with Crippen molar-refractivity contribution in [3.05, 3.63) is 206 Å². The molecule has 1 aromatic heterocycles. The molecule has 0 saturated heterocycles. The van der Waals surface area contributed by atoms with Crippen LogP contribution in [0, 0.1) is 0 Å². The van der Waals surface area contributed by atoms with E-state index in [0.29, 0.717) is 0 Å². The van der Waals surface area contributed by atoms with E-state index in [2.05, 4.69) is 216 Å². The second-order valence-electron chi connectivity index (χ2n) is 14.1. The van der Waals surface area contributed by atoms with Crippen LogP contribution >= 0.6 is 0 Å². The van der Waals surface area contributed by atoms with Gasteiger partial charge >= 0.3 is 0 Å². The highest BCUT2D eigenvalue weighted by Gasteiger charge is 2.26. The number of hydrogen-bond donors (Lipinski definition) is 0. The fourth-order valence-electron chi connectivity index (χ4n) is 8.82. The maximum absolute atomic E-state index is 2.48. The molecule has 0 saturated carbocycles. The van der Waals surface area contributed by atoms with Crippen LogP contribution in [0.3, 0.4) is 0 Å². The first kappa shape index (κ1) is 30.5. The Morgan fingerprint density at radius 2 is 0.926 bits per heavy atom. The van der Waals surface area contributed by atoms with Gasteiger partial charge in [-0.05, 0) is 104 Å². The lowest BCUT2D eigenvalue weighted by Crippen LogP contribution is -2.10. The SMILES string of the molecule is c1ccc(-c2cc(N(c3ccccc3)c3ccccc3)cc(-n3c4ccccc4c4c5c(ccc43)-c3cccc4cccc(c34)-c3ccccc3-5)c2)cc1. The first-order chi connectivity index (χ1) is 26.8. The number of hydrogen-bond acceptors (Lipinski definition) is 1. The summed E-state index contributed by atoms with van der Waals surface area (Å²) < 4.78 is 2.48. The molecular formula is C52H34N2. The molecule has 1 aliphatic rings. The lowest BCUT2D eigenvalue weighted by Gasteiger charge is -2.27. The van der Waals surface area contributed by atoms with Gasteiger partial charge in [-0.2, -0.15) is 0 Å². The number of benzene rings is 9. The van der Waals surface area contributed by atoms with E-state index in [-0.39, 0.29) is 0 Å². The Kier molecular flexibility index (Phi) is 6.90. The lowest BCUT2D eigenvalue weighted by atomic mass is 9.90. The van der Waals surface area contributed by atoms with Gasteiger partial charge in [-0.3, -0.25) is 0 Å². The van der Waals surface area contributed by atoms with E-state index >= 15 is 0 Å². The molecule has 2 heteroatoms. The van der Waals surface area contributed by atoms with Crippen LogP contribution in [0.15, 0.2) is 206 Å². The molecule has 11 rings (SSSR count). The van der Waals surface area contributed by atoms with E-state index in [1.54, 1.807) is 0 Å². The van der Waals surface area contributed by atoms with Crippen LogP contribution in [0.5, 0.6) is 0 Å². The minimum absolute atomic E-state index is 1.09. The first-order valence-electron chi connectivity index (χ1n) is 18.6. The zero-order chi connectivity index (χ0) is 35.6. The molecule has 0 spiro atoms. The molecule has 252 valence electrons. The molecule has 10 aromatic rings. The van der Waals surface area contributed by atoms with Gasteiger partial charge in [-0.1, -0.05) is 152 Å². The molecule has 0 radical (unpaired) electrons. The standard InChI is InChI=1S/C52H34N2/c1-4-16-35(17-5-1)37-32-40(53(38-20-6-2-7-21-38)39-22-8-3-9-23-39)34-41(33-37)54-48-29-13-12-26-47(48)52-49(54)31-30-46-45-28-15-19-36-18-14-27-43(50(36)45)42-24-10-11-25-44(42)51(46)52/h1-34H. The summed E-state index contributed by atoms with van der Waals surface area (Å²) >= 11 is 0. The summed E-state index contributed by atoms with van der Waals surface area (Å²) in [6.45, 7) is 0. The predicted molar refractivity (Wildman–Crippen MR) is 228 cm³/mol. The minimum atomic E-state index is 1.09. The summed E-state index contributed by atoms with van der Waals surface area (Å²) in [6.07, 6.45) is 0. The lowest BCUT2D eigenvalue weighted by molar-refractivity contribution is 1.17. The van der Waals surface area contributed by atoms with Crippen LogP contribution in [-0.4, -0.2) is 4.57 Å². The van der Waals surface area contributed by atoms with Crippen LogP contribution in [0.2, 0.25) is 0 Å². The highest BCUT2D eigenvalue weighted by atomic mass is 15.1. The maximum atomic E-state index is 2.48. The average Bonchev–Trinajstić information content (AvgIpc) is 3.52. The number of nitrogens with zero attached hydrogens (tertiary/aromatic N) is 2. The second-order valence-corrected chi connectivity index (χ2v) is 14.1. The van der Waals surface area contributed by atoms with Crippen molar-refractivity contribution in [3.63, 3.8) is 0 Å². The molecule has 1 heterocycles. The van der Waals surface area contributed by atoms with Gasteiger partial charge in [0.1, 0.15) is 0 Å². The minimum Gasteiger partial charge on any atom is -0.310 e. The van der Waals surface area contributed by atoms with Crippen LogP contribution in [0.1, 0.15) is 0 Å².